The van der Waals surface area contributed by atoms with E-state index in [9.17, 15) is 13.2 Å². The van der Waals surface area contributed by atoms with Crippen LogP contribution in [0.25, 0.3) is 0 Å². The van der Waals surface area contributed by atoms with Crippen molar-refractivity contribution < 1.29 is 17.9 Å². The van der Waals surface area contributed by atoms with Crippen molar-refractivity contribution in [2.24, 2.45) is 0 Å². The van der Waals surface area contributed by atoms with E-state index in [-0.39, 0.29) is 23.4 Å². The van der Waals surface area contributed by atoms with Gasteiger partial charge in [0.25, 0.3) is 0 Å². The molecule has 1 aromatic heterocycles. The summed E-state index contributed by atoms with van der Waals surface area (Å²) >= 11 is 0. The van der Waals surface area contributed by atoms with Gasteiger partial charge in [-0.25, -0.2) is 13.4 Å². The molecule has 1 amide bonds. The number of imidazole rings is 1. The Morgan fingerprint density at radius 2 is 1.65 bits per heavy atom. The average Bonchev–Trinajstić information content (AvgIpc) is 3.15. The molecule has 3 aromatic rings. The van der Waals surface area contributed by atoms with E-state index in [1.165, 1.54) is 6.92 Å². The first-order chi connectivity index (χ1) is 14.9. The van der Waals surface area contributed by atoms with Crippen LogP contribution in [0.1, 0.15) is 23.7 Å². The van der Waals surface area contributed by atoms with Crippen LogP contribution >= 0.6 is 0 Å². The van der Waals surface area contributed by atoms with Crippen molar-refractivity contribution in [3.8, 4) is 0 Å². The molecule has 0 radical (unpaired) electrons. The fourth-order valence-electron chi connectivity index (χ4n) is 3.30. The third-order valence-corrected chi connectivity index (χ3v) is 6.52. The van der Waals surface area contributed by atoms with E-state index in [0.717, 1.165) is 5.56 Å². The largest absolute Gasteiger partial charge is 0.383 e. The molecule has 0 atom stereocenters. The number of hydrogen-bond donors (Lipinski definition) is 0. The van der Waals surface area contributed by atoms with Crippen molar-refractivity contribution in [3.63, 3.8) is 0 Å². The summed E-state index contributed by atoms with van der Waals surface area (Å²) in [6.45, 7) is 2.88. The van der Waals surface area contributed by atoms with Gasteiger partial charge in [-0.1, -0.05) is 60.7 Å². The third kappa shape index (κ3) is 6.02. The van der Waals surface area contributed by atoms with Gasteiger partial charge in [0.15, 0.2) is 0 Å². The highest BCUT2D eigenvalue weighted by Crippen LogP contribution is 2.20. The minimum atomic E-state index is -3.69. The Bertz CT molecular complexity index is 1100. The van der Waals surface area contributed by atoms with Crippen LogP contribution in [-0.2, 0) is 38.2 Å². The molecule has 0 aliphatic rings. The van der Waals surface area contributed by atoms with Gasteiger partial charge in [0.2, 0.25) is 20.9 Å². The van der Waals surface area contributed by atoms with Gasteiger partial charge in [-0.3, -0.25) is 4.79 Å². The van der Waals surface area contributed by atoms with Crippen LogP contribution < -0.4 is 0 Å². The molecule has 3 rings (SSSR count). The maximum absolute atomic E-state index is 13.2. The van der Waals surface area contributed by atoms with E-state index in [0.29, 0.717) is 31.0 Å². The Balaban J connectivity index is 1.98. The zero-order valence-electron chi connectivity index (χ0n) is 17.8. The molecule has 0 aliphatic carbocycles. The van der Waals surface area contributed by atoms with Gasteiger partial charge in [-0.05, 0) is 11.1 Å². The van der Waals surface area contributed by atoms with E-state index >= 15 is 0 Å². The molecule has 7 nitrogen and oxygen atoms in total. The number of benzene rings is 2. The van der Waals surface area contributed by atoms with Crippen LogP contribution in [0.15, 0.2) is 72.0 Å². The Hall–Kier alpha value is -2.97. The van der Waals surface area contributed by atoms with E-state index in [1.807, 2.05) is 48.5 Å². The second kappa shape index (κ2) is 10.4. The van der Waals surface area contributed by atoms with E-state index in [2.05, 4.69) is 4.98 Å². The Labute approximate surface area is 183 Å². The highest BCUT2D eigenvalue weighted by atomic mass is 32.2. The molecule has 1 heterocycles. The summed E-state index contributed by atoms with van der Waals surface area (Å²) in [7, 11) is -2.12. The van der Waals surface area contributed by atoms with E-state index in [1.54, 1.807) is 34.9 Å². The quantitative estimate of drug-likeness (QED) is 0.483. The molecule has 0 saturated heterocycles. The normalized spacial score (nSPS) is 11.4. The molecule has 164 valence electrons. The second-order valence-corrected chi connectivity index (χ2v) is 9.17. The molecule has 0 bridgehead atoms. The summed E-state index contributed by atoms with van der Waals surface area (Å²) in [6.07, 6.45) is 1.55. The number of methoxy groups -OCH3 is 1. The lowest BCUT2D eigenvalue weighted by Crippen LogP contribution is -2.32. The zero-order chi connectivity index (χ0) is 22.3. The Morgan fingerprint density at radius 3 is 2.23 bits per heavy atom. The molecule has 0 unspecified atom stereocenters. The maximum atomic E-state index is 13.2. The monoisotopic (exact) mass is 441 g/mol. The van der Waals surface area contributed by atoms with Gasteiger partial charge in [-0.15, -0.1) is 0 Å². The highest BCUT2D eigenvalue weighted by molar-refractivity contribution is 7.90. The van der Waals surface area contributed by atoms with Crippen LogP contribution in [0.4, 0.5) is 0 Å². The van der Waals surface area contributed by atoms with E-state index in [4.69, 9.17) is 4.74 Å². The number of rotatable bonds is 10. The number of hydrogen-bond acceptors (Lipinski definition) is 5. The summed E-state index contributed by atoms with van der Waals surface area (Å²) in [6, 6.07) is 18.6. The molecular weight excluding hydrogens is 414 g/mol. The van der Waals surface area contributed by atoms with Crippen molar-refractivity contribution in [2.75, 3.05) is 20.3 Å². The summed E-state index contributed by atoms with van der Waals surface area (Å²) in [5.74, 6) is -0.252. The first-order valence-corrected chi connectivity index (χ1v) is 11.7. The van der Waals surface area contributed by atoms with Crippen molar-refractivity contribution in [1.82, 2.24) is 14.5 Å². The van der Waals surface area contributed by atoms with Crippen LogP contribution in [0.2, 0.25) is 0 Å². The molecule has 0 spiro atoms. The van der Waals surface area contributed by atoms with Crippen molar-refractivity contribution in [3.05, 3.63) is 83.7 Å². The molecule has 0 N–H and O–H groups in total. The zero-order valence-corrected chi connectivity index (χ0v) is 18.6. The Kier molecular flexibility index (Phi) is 7.59. The van der Waals surface area contributed by atoms with Crippen molar-refractivity contribution in [1.29, 1.82) is 0 Å². The molecule has 0 fully saturated rings. The van der Waals surface area contributed by atoms with Crippen LogP contribution in [-0.4, -0.2) is 49.0 Å². The summed E-state index contributed by atoms with van der Waals surface area (Å²) in [5, 5.41) is 0.00505. The lowest BCUT2D eigenvalue weighted by Gasteiger charge is -2.22. The van der Waals surface area contributed by atoms with Gasteiger partial charge < -0.3 is 14.2 Å². The number of nitrogens with zero attached hydrogens (tertiary/aromatic N) is 3. The predicted octanol–water partition coefficient (Wildman–Crippen LogP) is 2.90. The van der Waals surface area contributed by atoms with Gasteiger partial charge in [0, 0.05) is 20.6 Å². The van der Waals surface area contributed by atoms with Gasteiger partial charge in [0.05, 0.1) is 37.3 Å². The van der Waals surface area contributed by atoms with Crippen LogP contribution in [0.5, 0.6) is 0 Å². The summed E-state index contributed by atoms with van der Waals surface area (Å²) in [4.78, 5) is 18.0. The molecular formula is C23H27N3O4S. The maximum Gasteiger partial charge on any atom is 0.228 e. The number of aromatic nitrogens is 2. The number of carbonyl (C=O) groups is 1. The number of amides is 1. The highest BCUT2D eigenvalue weighted by Gasteiger charge is 2.25. The lowest BCUT2D eigenvalue weighted by atomic mass is 10.2. The fourth-order valence-corrected chi connectivity index (χ4v) is 4.80. The van der Waals surface area contributed by atoms with Crippen LogP contribution in [0, 0.1) is 0 Å². The standard InChI is InChI=1S/C23H27N3O4S/c1-19(27)25(13-14-30-2)17-22-15-24-23(26(22)16-20-9-5-3-6-10-20)31(28,29)18-21-11-7-4-8-12-21/h3-12,15H,13-14,16-18H2,1-2H3. The summed E-state index contributed by atoms with van der Waals surface area (Å²) in [5.41, 5.74) is 2.30. The van der Waals surface area contributed by atoms with Gasteiger partial charge in [0.1, 0.15) is 0 Å². The first-order valence-electron chi connectivity index (χ1n) is 10.00. The molecule has 0 saturated carbocycles. The molecule has 31 heavy (non-hydrogen) atoms. The average molecular weight is 442 g/mol. The number of carbonyl (C=O) groups excluding carboxylic acids is 1. The van der Waals surface area contributed by atoms with Gasteiger partial charge in [-0.2, -0.15) is 0 Å². The van der Waals surface area contributed by atoms with Crippen molar-refractivity contribution in [2.45, 2.75) is 30.9 Å². The molecule has 0 aliphatic heterocycles. The van der Waals surface area contributed by atoms with Crippen LogP contribution in [0.3, 0.4) is 0 Å². The third-order valence-electron chi connectivity index (χ3n) is 4.93. The topological polar surface area (TPSA) is 81.5 Å². The van der Waals surface area contributed by atoms with E-state index < -0.39 is 9.84 Å². The smallest absolute Gasteiger partial charge is 0.228 e. The predicted molar refractivity (Wildman–Crippen MR) is 118 cm³/mol. The summed E-state index contributed by atoms with van der Waals surface area (Å²) < 4.78 is 33.3. The molecule has 2 aromatic carbocycles. The number of sulfone groups is 1. The Morgan fingerprint density at radius 1 is 1.03 bits per heavy atom. The lowest BCUT2D eigenvalue weighted by molar-refractivity contribution is -0.130. The van der Waals surface area contributed by atoms with Gasteiger partial charge >= 0.3 is 0 Å². The first kappa shape index (κ1) is 22.7. The van der Waals surface area contributed by atoms with Crippen molar-refractivity contribution >= 4 is 15.7 Å². The minimum Gasteiger partial charge on any atom is -0.383 e. The fraction of sp³-hybridized carbons (Fsp3) is 0.304. The molecule has 8 heteroatoms. The number of ether oxygens (including phenoxy) is 1. The SMILES string of the molecule is COCCN(Cc1cnc(S(=O)(=O)Cc2ccccc2)n1Cc1ccccc1)C(C)=O. The minimum absolute atomic E-state index is 0.00505. The second-order valence-electron chi connectivity index (χ2n) is 7.28.